The molecule has 0 atom stereocenters. The number of nitrogen functional groups attached to an aromatic ring is 1. The highest BCUT2D eigenvalue weighted by Crippen LogP contribution is 2.34. The van der Waals surface area contributed by atoms with Crippen LogP contribution in [0.1, 0.15) is 19.3 Å². The van der Waals surface area contributed by atoms with Crippen molar-refractivity contribution in [3.05, 3.63) is 16.7 Å². The second-order valence-electron chi connectivity index (χ2n) is 3.91. The highest BCUT2D eigenvalue weighted by Gasteiger charge is 2.37. The van der Waals surface area contributed by atoms with Gasteiger partial charge in [-0.3, -0.25) is 4.79 Å². The fourth-order valence-corrected chi connectivity index (χ4v) is 1.69. The van der Waals surface area contributed by atoms with Crippen LogP contribution in [0.2, 0.25) is 0 Å². The van der Waals surface area contributed by atoms with Gasteiger partial charge in [-0.1, -0.05) is 0 Å². The van der Waals surface area contributed by atoms with Crippen LogP contribution in [0.25, 0.3) is 0 Å². The van der Waals surface area contributed by atoms with Gasteiger partial charge in [-0.25, -0.2) is 4.98 Å². The van der Waals surface area contributed by atoms with Crippen LogP contribution in [0, 0.1) is 0 Å². The number of aliphatic hydroxyl groups excluding tert-OH is 1. The molecule has 0 radical (unpaired) electrons. The summed E-state index contributed by atoms with van der Waals surface area (Å²) in [6.45, 7) is 0.0287. The largest absolute Gasteiger partial charge is 0.394 e. The smallest absolute Gasteiger partial charge is 0.276 e. The Bertz CT molecular complexity index is 405. The van der Waals surface area contributed by atoms with Gasteiger partial charge in [-0.2, -0.15) is 0 Å². The molecular formula is C9H14N4O2. The van der Waals surface area contributed by atoms with Crippen molar-refractivity contribution >= 4 is 11.5 Å². The number of aliphatic hydroxyl groups is 1. The number of nitrogens with one attached hydrogen (secondary N) is 2. The number of hydrogen-bond donors (Lipinski definition) is 4. The van der Waals surface area contributed by atoms with Gasteiger partial charge in [0.05, 0.1) is 18.5 Å². The van der Waals surface area contributed by atoms with E-state index in [0.29, 0.717) is 5.82 Å². The molecule has 6 nitrogen and oxygen atoms in total. The van der Waals surface area contributed by atoms with E-state index in [0.717, 1.165) is 19.3 Å². The van der Waals surface area contributed by atoms with E-state index in [2.05, 4.69) is 15.3 Å². The fraction of sp³-hybridized carbons (Fsp3) is 0.556. The van der Waals surface area contributed by atoms with Crippen molar-refractivity contribution in [1.82, 2.24) is 9.97 Å². The van der Waals surface area contributed by atoms with Crippen LogP contribution in [0.3, 0.4) is 0 Å². The van der Waals surface area contributed by atoms with Crippen LogP contribution in [-0.2, 0) is 0 Å². The Balaban J connectivity index is 2.24. The molecule has 0 aromatic carbocycles. The normalized spacial score (nSPS) is 18.2. The van der Waals surface area contributed by atoms with Crippen molar-refractivity contribution < 1.29 is 5.11 Å². The zero-order chi connectivity index (χ0) is 10.9. The lowest BCUT2D eigenvalue weighted by Gasteiger charge is -2.41. The molecule has 1 saturated carbocycles. The first-order chi connectivity index (χ1) is 7.17. The zero-order valence-corrected chi connectivity index (χ0v) is 8.29. The Morgan fingerprint density at radius 3 is 2.93 bits per heavy atom. The maximum atomic E-state index is 11.2. The third-order valence-electron chi connectivity index (χ3n) is 2.89. The molecule has 0 unspecified atom stereocenters. The van der Waals surface area contributed by atoms with E-state index < -0.39 is 0 Å². The van der Waals surface area contributed by atoms with Crippen molar-refractivity contribution in [2.45, 2.75) is 24.8 Å². The maximum absolute atomic E-state index is 11.2. The third kappa shape index (κ3) is 1.68. The van der Waals surface area contributed by atoms with Crippen molar-refractivity contribution in [2.24, 2.45) is 0 Å². The van der Waals surface area contributed by atoms with E-state index in [-0.39, 0.29) is 23.4 Å². The number of aromatic nitrogens is 2. The minimum atomic E-state index is -0.361. The van der Waals surface area contributed by atoms with Crippen molar-refractivity contribution in [3.63, 3.8) is 0 Å². The Hall–Kier alpha value is -1.56. The maximum Gasteiger partial charge on any atom is 0.276 e. The Morgan fingerprint density at radius 2 is 2.40 bits per heavy atom. The molecule has 0 bridgehead atoms. The van der Waals surface area contributed by atoms with E-state index in [1.807, 2.05) is 0 Å². The summed E-state index contributed by atoms with van der Waals surface area (Å²) in [5, 5.41) is 12.3. The molecule has 1 aliphatic rings. The summed E-state index contributed by atoms with van der Waals surface area (Å²) in [6.07, 6.45) is 4.11. The van der Waals surface area contributed by atoms with Crippen LogP contribution < -0.4 is 16.6 Å². The van der Waals surface area contributed by atoms with Crippen molar-refractivity contribution in [1.29, 1.82) is 0 Å². The minimum Gasteiger partial charge on any atom is -0.394 e. The molecule has 1 aromatic rings. The predicted molar refractivity (Wildman–Crippen MR) is 56.6 cm³/mol. The van der Waals surface area contributed by atoms with Crippen LogP contribution in [-0.4, -0.2) is 27.2 Å². The number of hydrogen-bond acceptors (Lipinski definition) is 5. The number of nitrogens with zero attached hydrogens (tertiary/aromatic N) is 1. The standard InChI is InChI=1S/C9H14N4O2/c10-6-7(11-5-12-8(6)15)13-9(4-14)2-1-3-9/h5,14H,1-4,10H2,(H2,11,12,13,15). The Labute approximate surface area is 86.5 Å². The second kappa shape index (κ2) is 3.54. The van der Waals surface area contributed by atoms with E-state index in [4.69, 9.17) is 5.73 Å². The molecule has 5 N–H and O–H groups in total. The summed E-state index contributed by atoms with van der Waals surface area (Å²) in [4.78, 5) is 17.5. The van der Waals surface area contributed by atoms with Gasteiger partial charge in [0.1, 0.15) is 5.69 Å². The van der Waals surface area contributed by atoms with Gasteiger partial charge in [0.25, 0.3) is 5.56 Å². The monoisotopic (exact) mass is 210 g/mol. The molecule has 15 heavy (non-hydrogen) atoms. The van der Waals surface area contributed by atoms with Crippen molar-refractivity contribution in [2.75, 3.05) is 17.7 Å². The van der Waals surface area contributed by atoms with E-state index in [1.165, 1.54) is 6.33 Å². The quantitative estimate of drug-likeness (QED) is 0.547. The molecular weight excluding hydrogens is 196 g/mol. The zero-order valence-electron chi connectivity index (χ0n) is 8.29. The highest BCUT2D eigenvalue weighted by atomic mass is 16.3. The molecule has 1 aromatic heterocycles. The summed E-state index contributed by atoms with van der Waals surface area (Å²) < 4.78 is 0. The molecule has 1 heterocycles. The lowest BCUT2D eigenvalue weighted by Crippen LogP contribution is -2.48. The predicted octanol–water partition coefficient (Wildman–Crippen LogP) is -0.321. The summed E-state index contributed by atoms with van der Waals surface area (Å²) >= 11 is 0. The second-order valence-corrected chi connectivity index (χ2v) is 3.91. The lowest BCUT2D eigenvalue weighted by atomic mass is 9.77. The third-order valence-corrected chi connectivity index (χ3v) is 2.89. The molecule has 2 rings (SSSR count). The molecule has 1 fully saturated rings. The SMILES string of the molecule is Nc1c(NC2(CO)CCC2)nc[nH]c1=O. The number of nitrogens with two attached hydrogens (primary N) is 1. The van der Waals surface area contributed by atoms with Gasteiger partial charge < -0.3 is 21.1 Å². The fourth-order valence-electron chi connectivity index (χ4n) is 1.69. The molecule has 0 saturated heterocycles. The first-order valence-electron chi connectivity index (χ1n) is 4.89. The van der Waals surface area contributed by atoms with E-state index >= 15 is 0 Å². The molecule has 0 aliphatic heterocycles. The Morgan fingerprint density at radius 1 is 1.67 bits per heavy atom. The van der Waals surface area contributed by atoms with Gasteiger partial charge in [-0.05, 0) is 19.3 Å². The number of aromatic amines is 1. The van der Waals surface area contributed by atoms with Gasteiger partial charge in [0.2, 0.25) is 0 Å². The molecule has 0 amide bonds. The molecule has 0 spiro atoms. The van der Waals surface area contributed by atoms with Crippen LogP contribution in [0.4, 0.5) is 11.5 Å². The summed E-state index contributed by atoms with van der Waals surface area (Å²) in [5.74, 6) is 0.354. The average molecular weight is 210 g/mol. The van der Waals surface area contributed by atoms with Gasteiger partial charge >= 0.3 is 0 Å². The van der Waals surface area contributed by atoms with Gasteiger partial charge in [0, 0.05) is 0 Å². The van der Waals surface area contributed by atoms with Crippen LogP contribution >= 0.6 is 0 Å². The first-order valence-corrected chi connectivity index (χ1v) is 4.89. The number of anilines is 2. The molecule has 6 heteroatoms. The highest BCUT2D eigenvalue weighted by molar-refractivity contribution is 5.60. The van der Waals surface area contributed by atoms with Gasteiger partial charge in [0.15, 0.2) is 5.82 Å². The van der Waals surface area contributed by atoms with Crippen molar-refractivity contribution in [3.8, 4) is 0 Å². The molecule has 1 aliphatic carbocycles. The number of rotatable bonds is 3. The topological polar surface area (TPSA) is 104 Å². The van der Waals surface area contributed by atoms with E-state index in [9.17, 15) is 9.90 Å². The lowest BCUT2D eigenvalue weighted by molar-refractivity contribution is 0.144. The molecule has 82 valence electrons. The summed E-state index contributed by atoms with van der Waals surface area (Å²) in [7, 11) is 0. The first kappa shape index (κ1) is 9.97. The number of H-pyrrole nitrogens is 1. The van der Waals surface area contributed by atoms with Crippen LogP contribution in [0.15, 0.2) is 11.1 Å². The van der Waals surface area contributed by atoms with E-state index in [1.54, 1.807) is 0 Å². The van der Waals surface area contributed by atoms with Crippen LogP contribution in [0.5, 0.6) is 0 Å². The summed E-state index contributed by atoms with van der Waals surface area (Å²) in [6, 6.07) is 0. The average Bonchev–Trinajstić information content (AvgIpc) is 2.18. The van der Waals surface area contributed by atoms with Gasteiger partial charge in [-0.15, -0.1) is 0 Å². The summed E-state index contributed by atoms with van der Waals surface area (Å²) in [5.41, 5.74) is 4.94. The Kier molecular flexibility index (Phi) is 2.36. The minimum absolute atomic E-state index is 0.0287.